The molecule has 5 heteroatoms. The quantitative estimate of drug-likeness (QED) is 0.472. The van der Waals surface area contributed by atoms with Crippen molar-refractivity contribution in [1.29, 1.82) is 0 Å². The number of carbonyl (C=O) groups excluding carboxylic acids is 1. The molecule has 0 radical (unpaired) electrons. The van der Waals surface area contributed by atoms with Crippen LogP contribution >= 0.6 is 22.6 Å². The van der Waals surface area contributed by atoms with Crippen LogP contribution in [-0.4, -0.2) is 20.3 Å². The molecule has 3 nitrogen and oxygen atoms in total. The van der Waals surface area contributed by atoms with E-state index in [-0.39, 0.29) is 23.0 Å². The predicted octanol–water partition coefficient (Wildman–Crippen LogP) is 3.42. The van der Waals surface area contributed by atoms with E-state index >= 15 is 0 Å². The van der Waals surface area contributed by atoms with Gasteiger partial charge in [0.05, 0.1) is 6.10 Å². The number of hydrogen-bond acceptors (Lipinski definition) is 2. The second kappa shape index (κ2) is 5.01. The largest absolute Gasteiger partial charge is 0.413 e. The molecule has 17 heavy (non-hydrogen) atoms. The highest BCUT2D eigenvalue weighted by Crippen LogP contribution is 2.39. The van der Waals surface area contributed by atoms with Crippen molar-refractivity contribution in [3.8, 4) is 0 Å². The molecule has 0 aromatic heterocycles. The Bertz CT molecular complexity index is 347. The highest BCUT2D eigenvalue weighted by atomic mass is 127. The third-order valence-corrected chi connectivity index (χ3v) is 9.00. The number of β-lactam (4-membered cyclic amide) rings is 1. The SMILES string of the molecule is C[C@@H](O[Si](C)(C)C(C)(C)C)[C@H]1C(=O)N/C1=C\I. The van der Waals surface area contributed by atoms with Crippen LogP contribution in [0.1, 0.15) is 27.7 Å². The van der Waals surface area contributed by atoms with Crippen LogP contribution in [0.25, 0.3) is 0 Å². The Hall–Kier alpha value is 0.117. The van der Waals surface area contributed by atoms with Crippen molar-refractivity contribution in [3.63, 3.8) is 0 Å². The van der Waals surface area contributed by atoms with E-state index in [1.54, 1.807) is 0 Å². The molecule has 0 aromatic rings. The summed E-state index contributed by atoms with van der Waals surface area (Å²) in [5.41, 5.74) is 0.988. The lowest BCUT2D eigenvalue weighted by Gasteiger charge is -2.42. The van der Waals surface area contributed by atoms with Gasteiger partial charge in [0.2, 0.25) is 5.91 Å². The highest BCUT2D eigenvalue weighted by molar-refractivity contribution is 14.1. The zero-order chi connectivity index (χ0) is 13.4. The maximum atomic E-state index is 11.6. The van der Waals surface area contributed by atoms with Crippen molar-refractivity contribution < 1.29 is 9.22 Å². The maximum absolute atomic E-state index is 11.6. The fourth-order valence-corrected chi connectivity index (χ4v) is 3.59. The van der Waals surface area contributed by atoms with Crippen LogP contribution in [0.3, 0.4) is 0 Å². The van der Waals surface area contributed by atoms with Gasteiger partial charge in [0.1, 0.15) is 5.92 Å². The Kier molecular flexibility index (Phi) is 4.47. The van der Waals surface area contributed by atoms with Crippen LogP contribution in [0.5, 0.6) is 0 Å². The summed E-state index contributed by atoms with van der Waals surface area (Å²) < 4.78 is 8.17. The van der Waals surface area contributed by atoms with E-state index < -0.39 is 8.32 Å². The first-order valence-corrected chi connectivity index (χ1v) is 10.0. The number of amides is 1. The Morgan fingerprint density at radius 3 is 2.35 bits per heavy atom. The van der Waals surface area contributed by atoms with Crippen molar-refractivity contribution in [1.82, 2.24) is 5.32 Å². The lowest BCUT2D eigenvalue weighted by molar-refractivity contribution is -0.131. The molecule has 2 atom stereocenters. The van der Waals surface area contributed by atoms with Crippen molar-refractivity contribution >= 4 is 36.8 Å². The number of hydrogen-bond donors (Lipinski definition) is 1. The van der Waals surface area contributed by atoms with E-state index in [4.69, 9.17) is 4.43 Å². The molecule has 0 aliphatic carbocycles. The van der Waals surface area contributed by atoms with Crippen molar-refractivity contribution in [2.24, 2.45) is 5.92 Å². The summed E-state index contributed by atoms with van der Waals surface area (Å²) in [4.78, 5) is 11.6. The second-order valence-electron chi connectivity index (χ2n) is 6.11. The van der Waals surface area contributed by atoms with Gasteiger partial charge in [-0.25, -0.2) is 0 Å². The van der Waals surface area contributed by atoms with Gasteiger partial charge in [0, 0.05) is 5.70 Å². The molecule has 0 bridgehead atoms. The highest BCUT2D eigenvalue weighted by Gasteiger charge is 2.44. The smallest absolute Gasteiger partial charge is 0.235 e. The van der Waals surface area contributed by atoms with Crippen LogP contribution in [0.15, 0.2) is 9.78 Å². The van der Waals surface area contributed by atoms with E-state index in [1.165, 1.54) is 0 Å². The molecular formula is C12H22INO2Si. The average molecular weight is 367 g/mol. The van der Waals surface area contributed by atoms with Crippen LogP contribution in [-0.2, 0) is 9.22 Å². The van der Waals surface area contributed by atoms with Crippen LogP contribution in [0, 0.1) is 5.92 Å². The van der Waals surface area contributed by atoms with E-state index in [9.17, 15) is 4.79 Å². The zero-order valence-corrected chi connectivity index (χ0v) is 14.6. The minimum absolute atomic E-state index is 0.0364. The van der Waals surface area contributed by atoms with Gasteiger partial charge in [-0.1, -0.05) is 43.4 Å². The number of rotatable bonds is 3. The van der Waals surface area contributed by atoms with Gasteiger partial charge in [0.15, 0.2) is 8.32 Å². The Labute approximate surface area is 119 Å². The molecule has 0 saturated carbocycles. The van der Waals surface area contributed by atoms with Crippen molar-refractivity contribution in [2.45, 2.75) is 51.9 Å². The lowest BCUT2D eigenvalue weighted by atomic mass is 9.92. The third kappa shape index (κ3) is 3.11. The van der Waals surface area contributed by atoms with Crippen molar-refractivity contribution in [2.75, 3.05) is 0 Å². The molecule has 1 fully saturated rings. The summed E-state index contributed by atoms with van der Waals surface area (Å²) in [5, 5.41) is 2.97. The minimum atomic E-state index is -1.79. The molecule has 0 spiro atoms. The fourth-order valence-electron chi connectivity index (χ4n) is 1.63. The monoisotopic (exact) mass is 367 g/mol. The second-order valence-corrected chi connectivity index (χ2v) is 11.5. The van der Waals surface area contributed by atoms with Gasteiger partial charge in [-0.3, -0.25) is 4.79 Å². The molecule has 1 aliphatic rings. The van der Waals surface area contributed by atoms with E-state index in [0.717, 1.165) is 5.70 Å². The lowest BCUT2D eigenvalue weighted by Crippen LogP contribution is -2.55. The van der Waals surface area contributed by atoms with Crippen LogP contribution in [0.4, 0.5) is 0 Å². The van der Waals surface area contributed by atoms with Crippen LogP contribution in [0.2, 0.25) is 18.1 Å². The molecule has 0 aromatic carbocycles. The standard InChI is InChI=1S/C12H22INO2Si/c1-8(10-9(7-13)14-11(10)15)16-17(5,6)12(2,3)4/h7-8,10H,1-6H3,(H,14,15)/b9-7-/t8-,10-/m1/s1. The molecule has 1 rings (SSSR count). The van der Waals surface area contributed by atoms with E-state index in [2.05, 4.69) is 61.8 Å². The Morgan fingerprint density at radius 1 is 1.47 bits per heavy atom. The predicted molar refractivity (Wildman–Crippen MR) is 81.5 cm³/mol. The number of halogens is 1. The summed E-state index contributed by atoms with van der Waals surface area (Å²) >= 11 is 2.16. The molecule has 98 valence electrons. The first-order valence-electron chi connectivity index (χ1n) is 5.89. The first kappa shape index (κ1) is 15.2. The zero-order valence-electron chi connectivity index (χ0n) is 11.4. The Morgan fingerprint density at radius 2 is 2.00 bits per heavy atom. The van der Waals surface area contributed by atoms with Gasteiger partial charge in [0.25, 0.3) is 0 Å². The molecule has 1 aliphatic heterocycles. The fraction of sp³-hybridized carbons (Fsp3) is 0.750. The molecule has 1 amide bonds. The number of nitrogens with one attached hydrogen (secondary N) is 1. The summed E-state index contributed by atoms with van der Waals surface area (Å²) in [7, 11) is -1.79. The molecule has 0 unspecified atom stereocenters. The van der Waals surface area contributed by atoms with E-state index in [0.29, 0.717) is 0 Å². The van der Waals surface area contributed by atoms with Gasteiger partial charge >= 0.3 is 0 Å². The average Bonchev–Trinajstić information content (AvgIpc) is 2.10. The summed E-state index contributed by atoms with van der Waals surface area (Å²) in [6.45, 7) is 13.1. The van der Waals surface area contributed by atoms with E-state index in [1.807, 2.05) is 11.0 Å². The molecule has 1 N–H and O–H groups in total. The Balaban J connectivity index is 2.73. The molecular weight excluding hydrogens is 345 g/mol. The summed E-state index contributed by atoms with van der Waals surface area (Å²) in [6.07, 6.45) is -0.0364. The van der Waals surface area contributed by atoms with Crippen molar-refractivity contribution in [3.05, 3.63) is 9.78 Å². The summed E-state index contributed by atoms with van der Waals surface area (Å²) in [5.74, 6) is -0.0137. The number of carbonyl (C=O) groups is 1. The van der Waals surface area contributed by atoms with Gasteiger partial charge < -0.3 is 9.74 Å². The minimum Gasteiger partial charge on any atom is -0.413 e. The first-order chi connectivity index (χ1) is 7.60. The maximum Gasteiger partial charge on any atom is 0.235 e. The summed E-state index contributed by atoms with van der Waals surface area (Å²) in [6, 6.07) is 0. The molecule has 1 heterocycles. The normalized spacial score (nSPS) is 25.5. The van der Waals surface area contributed by atoms with Gasteiger partial charge in [-0.05, 0) is 29.1 Å². The third-order valence-electron chi connectivity index (χ3n) is 3.76. The van der Waals surface area contributed by atoms with Gasteiger partial charge in [-0.2, -0.15) is 0 Å². The van der Waals surface area contributed by atoms with Gasteiger partial charge in [-0.15, -0.1) is 0 Å². The topological polar surface area (TPSA) is 38.3 Å². The van der Waals surface area contributed by atoms with Crippen LogP contribution < -0.4 is 5.32 Å². The molecule has 1 saturated heterocycles.